The summed E-state index contributed by atoms with van der Waals surface area (Å²) in [5, 5.41) is 3.01. The van der Waals surface area contributed by atoms with E-state index in [1.807, 2.05) is 31.2 Å². The molecule has 1 fully saturated rings. The zero-order valence-corrected chi connectivity index (χ0v) is 19.8. The molecular formula is C21H24BrClN2O4S. The highest BCUT2D eigenvalue weighted by Gasteiger charge is 2.26. The van der Waals surface area contributed by atoms with Crippen molar-refractivity contribution in [1.82, 2.24) is 9.62 Å². The molecule has 1 saturated heterocycles. The van der Waals surface area contributed by atoms with Gasteiger partial charge >= 0.3 is 0 Å². The molecule has 0 radical (unpaired) electrons. The number of hydrogen-bond donors (Lipinski definition) is 1. The Kier molecular flexibility index (Phi) is 7.79. The zero-order chi connectivity index (χ0) is 21.7. The van der Waals surface area contributed by atoms with E-state index in [0.29, 0.717) is 13.1 Å². The summed E-state index contributed by atoms with van der Waals surface area (Å²) in [5.41, 5.74) is 0.961. The van der Waals surface area contributed by atoms with Crippen LogP contribution in [0.25, 0.3) is 0 Å². The number of rotatable bonds is 7. The number of carbonyl (C=O) groups is 1. The molecule has 0 spiro atoms. The number of halogens is 2. The molecule has 0 unspecified atom stereocenters. The second-order valence-electron chi connectivity index (χ2n) is 7.19. The lowest BCUT2D eigenvalue weighted by atomic mass is 10.1. The second kappa shape index (κ2) is 10.1. The van der Waals surface area contributed by atoms with Crippen LogP contribution >= 0.6 is 27.5 Å². The van der Waals surface area contributed by atoms with Crippen LogP contribution in [0.3, 0.4) is 0 Å². The van der Waals surface area contributed by atoms with Gasteiger partial charge in [-0.25, -0.2) is 8.42 Å². The number of ether oxygens (including phenoxy) is 1. The summed E-state index contributed by atoms with van der Waals surface area (Å²) in [4.78, 5) is 12.4. The molecule has 1 aliphatic rings. The molecule has 162 valence electrons. The van der Waals surface area contributed by atoms with Crippen LogP contribution in [0, 0.1) is 0 Å². The van der Waals surface area contributed by atoms with E-state index < -0.39 is 10.0 Å². The number of nitrogens with zero attached hydrogens (tertiary/aromatic N) is 1. The first kappa shape index (κ1) is 23.1. The normalized spacial score (nSPS) is 16.1. The van der Waals surface area contributed by atoms with Gasteiger partial charge in [0.1, 0.15) is 5.75 Å². The van der Waals surface area contributed by atoms with Gasteiger partial charge < -0.3 is 10.1 Å². The summed E-state index contributed by atoms with van der Waals surface area (Å²) >= 11 is 9.65. The number of amides is 1. The van der Waals surface area contributed by atoms with Crippen LogP contribution in [0.2, 0.25) is 5.02 Å². The summed E-state index contributed by atoms with van der Waals surface area (Å²) < 4.78 is 33.4. The molecule has 1 aliphatic heterocycles. The molecule has 1 heterocycles. The van der Waals surface area contributed by atoms with Crippen LogP contribution in [0.4, 0.5) is 0 Å². The summed E-state index contributed by atoms with van der Waals surface area (Å²) in [6, 6.07) is 11.8. The lowest BCUT2D eigenvalue weighted by Crippen LogP contribution is -2.35. The minimum Gasteiger partial charge on any atom is -0.482 e. The van der Waals surface area contributed by atoms with E-state index in [1.165, 1.54) is 22.5 Å². The molecule has 0 aliphatic carbocycles. The van der Waals surface area contributed by atoms with Crippen LogP contribution in [0.15, 0.2) is 51.8 Å². The first-order valence-corrected chi connectivity index (χ1v) is 12.4. The third kappa shape index (κ3) is 5.75. The smallest absolute Gasteiger partial charge is 0.258 e. The van der Waals surface area contributed by atoms with E-state index in [9.17, 15) is 13.2 Å². The first-order chi connectivity index (χ1) is 14.3. The highest BCUT2D eigenvalue weighted by Crippen LogP contribution is 2.29. The van der Waals surface area contributed by atoms with Crippen molar-refractivity contribution in [3.8, 4) is 5.75 Å². The SMILES string of the molecule is C[C@H](NC(=O)COc1ccc(S(=O)(=O)N2CCCCC2)cc1Cl)c1cccc(Br)c1. The van der Waals surface area contributed by atoms with Crippen molar-refractivity contribution in [2.75, 3.05) is 19.7 Å². The highest BCUT2D eigenvalue weighted by molar-refractivity contribution is 9.10. The maximum atomic E-state index is 12.8. The Morgan fingerprint density at radius 3 is 2.60 bits per heavy atom. The molecule has 2 aromatic carbocycles. The quantitative estimate of drug-likeness (QED) is 0.588. The Morgan fingerprint density at radius 1 is 1.20 bits per heavy atom. The van der Waals surface area contributed by atoms with Gasteiger partial charge in [0, 0.05) is 17.6 Å². The minimum atomic E-state index is -3.57. The number of hydrogen-bond acceptors (Lipinski definition) is 4. The molecule has 1 N–H and O–H groups in total. The summed E-state index contributed by atoms with van der Waals surface area (Å²) in [6.07, 6.45) is 2.77. The predicted octanol–water partition coefficient (Wildman–Crippen LogP) is 4.53. The topological polar surface area (TPSA) is 75.7 Å². The Balaban J connectivity index is 1.60. The Bertz CT molecular complexity index is 1010. The lowest BCUT2D eigenvalue weighted by Gasteiger charge is -2.26. The maximum absolute atomic E-state index is 12.8. The van der Waals surface area contributed by atoms with Crippen LogP contribution in [0.1, 0.15) is 37.8 Å². The van der Waals surface area contributed by atoms with E-state index in [4.69, 9.17) is 16.3 Å². The van der Waals surface area contributed by atoms with Crippen molar-refractivity contribution >= 4 is 43.5 Å². The summed E-state index contributed by atoms with van der Waals surface area (Å²) in [5.74, 6) is -0.0388. The van der Waals surface area contributed by atoms with Gasteiger partial charge in [-0.2, -0.15) is 4.31 Å². The number of sulfonamides is 1. The monoisotopic (exact) mass is 514 g/mol. The average molecular weight is 516 g/mol. The Morgan fingerprint density at radius 2 is 1.93 bits per heavy atom. The van der Waals surface area contributed by atoms with E-state index in [0.717, 1.165) is 29.3 Å². The fraction of sp³-hybridized carbons (Fsp3) is 0.381. The van der Waals surface area contributed by atoms with Gasteiger partial charge in [0.25, 0.3) is 5.91 Å². The number of piperidine rings is 1. The van der Waals surface area contributed by atoms with Crippen LogP contribution in [-0.2, 0) is 14.8 Å². The molecule has 6 nitrogen and oxygen atoms in total. The Labute approximate surface area is 190 Å². The van der Waals surface area contributed by atoms with E-state index in [2.05, 4.69) is 21.2 Å². The van der Waals surface area contributed by atoms with E-state index in [-0.39, 0.29) is 34.2 Å². The summed E-state index contributed by atoms with van der Waals surface area (Å²) in [6.45, 7) is 2.70. The van der Waals surface area contributed by atoms with Crippen molar-refractivity contribution < 1.29 is 17.9 Å². The summed E-state index contributed by atoms with van der Waals surface area (Å²) in [7, 11) is -3.57. The lowest BCUT2D eigenvalue weighted by molar-refractivity contribution is -0.123. The molecule has 1 amide bonds. The number of benzene rings is 2. The van der Waals surface area contributed by atoms with Gasteiger partial charge in [0.2, 0.25) is 10.0 Å². The van der Waals surface area contributed by atoms with E-state index in [1.54, 1.807) is 0 Å². The van der Waals surface area contributed by atoms with Crippen molar-refractivity contribution in [2.45, 2.75) is 37.1 Å². The highest BCUT2D eigenvalue weighted by atomic mass is 79.9. The number of nitrogens with one attached hydrogen (secondary N) is 1. The van der Waals surface area contributed by atoms with Crippen LogP contribution in [0.5, 0.6) is 5.75 Å². The van der Waals surface area contributed by atoms with Gasteiger partial charge in [0.15, 0.2) is 6.61 Å². The molecule has 3 rings (SSSR count). The fourth-order valence-electron chi connectivity index (χ4n) is 3.30. The third-order valence-corrected chi connectivity index (χ3v) is 7.62. The number of carbonyl (C=O) groups excluding carboxylic acids is 1. The molecular weight excluding hydrogens is 492 g/mol. The Hall–Kier alpha value is -1.61. The van der Waals surface area contributed by atoms with Crippen LogP contribution < -0.4 is 10.1 Å². The standard InChI is InChI=1S/C21H24BrClN2O4S/c1-15(16-6-5-7-17(22)12-16)24-21(26)14-29-20-9-8-18(13-19(20)23)30(27,28)25-10-3-2-4-11-25/h5-9,12-13,15H,2-4,10-11,14H2,1H3,(H,24,26)/t15-/m0/s1. The van der Waals surface area contributed by atoms with Gasteiger partial charge in [-0.05, 0) is 55.7 Å². The minimum absolute atomic E-state index is 0.134. The molecule has 9 heteroatoms. The molecule has 30 heavy (non-hydrogen) atoms. The second-order valence-corrected chi connectivity index (χ2v) is 10.5. The van der Waals surface area contributed by atoms with Gasteiger partial charge in [-0.15, -0.1) is 0 Å². The molecule has 0 saturated carbocycles. The van der Waals surface area contributed by atoms with Gasteiger partial charge in [-0.1, -0.05) is 46.1 Å². The fourth-order valence-corrected chi connectivity index (χ4v) is 5.56. The third-order valence-electron chi connectivity index (χ3n) is 4.94. The molecule has 0 bridgehead atoms. The van der Waals surface area contributed by atoms with Crippen LogP contribution in [-0.4, -0.2) is 38.3 Å². The van der Waals surface area contributed by atoms with Gasteiger partial charge in [-0.3, -0.25) is 4.79 Å². The molecule has 0 aromatic heterocycles. The largest absolute Gasteiger partial charge is 0.482 e. The average Bonchev–Trinajstić information content (AvgIpc) is 2.73. The first-order valence-electron chi connectivity index (χ1n) is 9.75. The van der Waals surface area contributed by atoms with Crippen molar-refractivity contribution in [3.63, 3.8) is 0 Å². The van der Waals surface area contributed by atoms with Crippen molar-refractivity contribution in [3.05, 3.63) is 57.5 Å². The van der Waals surface area contributed by atoms with Crippen molar-refractivity contribution in [2.24, 2.45) is 0 Å². The molecule has 2 aromatic rings. The predicted molar refractivity (Wildman–Crippen MR) is 120 cm³/mol. The zero-order valence-electron chi connectivity index (χ0n) is 16.6. The van der Waals surface area contributed by atoms with Crippen molar-refractivity contribution in [1.29, 1.82) is 0 Å². The maximum Gasteiger partial charge on any atom is 0.258 e. The molecule has 1 atom stereocenters. The van der Waals surface area contributed by atoms with E-state index >= 15 is 0 Å². The van der Waals surface area contributed by atoms with Gasteiger partial charge in [0.05, 0.1) is 16.0 Å².